The lowest BCUT2D eigenvalue weighted by atomic mass is 9.86. The number of benzene rings is 2. The van der Waals surface area contributed by atoms with Crippen LogP contribution in [0.5, 0.6) is 0 Å². The Hall–Kier alpha value is -3.85. The number of aromatic nitrogens is 1. The van der Waals surface area contributed by atoms with Gasteiger partial charge < -0.3 is 23.9 Å². The molecular formula is C31H36FN3O5. The minimum Gasteiger partial charge on any atom is -0.497 e. The Kier molecular flexibility index (Phi) is 8.40. The van der Waals surface area contributed by atoms with Gasteiger partial charge in [0.05, 0.1) is 31.5 Å². The van der Waals surface area contributed by atoms with Crippen molar-refractivity contribution in [1.82, 2.24) is 9.88 Å². The van der Waals surface area contributed by atoms with Crippen molar-refractivity contribution in [3.63, 3.8) is 0 Å². The third kappa shape index (κ3) is 6.14. The van der Waals surface area contributed by atoms with E-state index in [0.717, 1.165) is 37.1 Å². The number of hydrogen-bond donors (Lipinski definition) is 1. The number of piperidine rings is 1. The summed E-state index contributed by atoms with van der Waals surface area (Å²) in [4.78, 5) is 18.5. The first-order chi connectivity index (χ1) is 19.4. The third-order valence-corrected chi connectivity index (χ3v) is 7.26. The van der Waals surface area contributed by atoms with E-state index in [1.807, 2.05) is 44.2 Å². The summed E-state index contributed by atoms with van der Waals surface area (Å²) in [6, 6.07) is 15.5. The number of alkyl halides is 1. The number of ether oxygens (including phenoxy) is 3. The number of carbonyl (C=O) groups excluding carboxylic acids is 1. The number of oxazole rings is 1. The minimum atomic E-state index is -1.61. The summed E-state index contributed by atoms with van der Waals surface area (Å²) >= 11 is 0. The van der Waals surface area contributed by atoms with Crippen LogP contribution in [0.1, 0.15) is 49.0 Å². The van der Waals surface area contributed by atoms with Gasteiger partial charge >= 0.3 is 5.97 Å². The van der Waals surface area contributed by atoms with E-state index in [0.29, 0.717) is 47.4 Å². The Bertz CT molecular complexity index is 1390. The van der Waals surface area contributed by atoms with E-state index in [9.17, 15) is 4.79 Å². The lowest BCUT2D eigenvalue weighted by Gasteiger charge is -2.38. The van der Waals surface area contributed by atoms with Crippen molar-refractivity contribution >= 4 is 28.7 Å². The van der Waals surface area contributed by atoms with Crippen LogP contribution in [0.15, 0.2) is 70.5 Å². The highest BCUT2D eigenvalue weighted by atomic mass is 19.1. The molecular weight excluding hydrogens is 513 g/mol. The maximum atomic E-state index is 16.5. The Morgan fingerprint density at radius 3 is 2.58 bits per heavy atom. The molecule has 40 heavy (non-hydrogen) atoms. The molecule has 0 amide bonds. The molecule has 2 aromatic carbocycles. The SMILES string of the molecule is CCOC1=CC(F)(CN2CCC(Nc3nc4cc(C(=O)OC)ccc4o3)CC2)CC(OCC)=C1c1ccccc1. The van der Waals surface area contributed by atoms with E-state index >= 15 is 4.39 Å². The van der Waals surface area contributed by atoms with Gasteiger partial charge in [-0.2, -0.15) is 4.98 Å². The molecule has 1 aliphatic heterocycles. The van der Waals surface area contributed by atoms with Crippen LogP contribution in [0.25, 0.3) is 16.7 Å². The molecule has 1 atom stereocenters. The molecule has 8 nitrogen and oxygen atoms in total. The zero-order valence-electron chi connectivity index (χ0n) is 23.2. The number of halogens is 1. The molecule has 1 N–H and O–H groups in total. The first-order valence-electron chi connectivity index (χ1n) is 13.9. The molecule has 5 rings (SSSR count). The number of esters is 1. The van der Waals surface area contributed by atoms with Crippen LogP contribution in [-0.4, -0.2) is 67.5 Å². The minimum absolute atomic E-state index is 0.143. The van der Waals surface area contributed by atoms with Gasteiger partial charge in [-0.25, -0.2) is 9.18 Å². The third-order valence-electron chi connectivity index (χ3n) is 7.26. The Morgan fingerprint density at radius 1 is 1.12 bits per heavy atom. The van der Waals surface area contributed by atoms with Crippen molar-refractivity contribution in [2.45, 2.75) is 44.8 Å². The van der Waals surface area contributed by atoms with Crippen molar-refractivity contribution < 1.29 is 27.8 Å². The summed E-state index contributed by atoms with van der Waals surface area (Å²) in [7, 11) is 1.35. The molecule has 9 heteroatoms. The molecule has 1 fully saturated rings. The fourth-order valence-electron chi connectivity index (χ4n) is 5.44. The highest BCUT2D eigenvalue weighted by Gasteiger charge is 2.39. The summed E-state index contributed by atoms with van der Waals surface area (Å²) in [5, 5.41) is 3.36. The highest BCUT2D eigenvalue weighted by molar-refractivity contribution is 5.93. The summed E-state index contributed by atoms with van der Waals surface area (Å²) < 4.78 is 39.0. The van der Waals surface area contributed by atoms with Crippen molar-refractivity contribution in [3.05, 3.63) is 77.3 Å². The zero-order chi connectivity index (χ0) is 28.1. The molecule has 212 valence electrons. The van der Waals surface area contributed by atoms with Crippen LogP contribution in [0.2, 0.25) is 0 Å². The summed E-state index contributed by atoms with van der Waals surface area (Å²) in [5.41, 5.74) is 1.78. The molecule has 0 radical (unpaired) electrons. The lowest BCUT2D eigenvalue weighted by Crippen LogP contribution is -2.46. The van der Waals surface area contributed by atoms with Crippen molar-refractivity contribution in [3.8, 4) is 0 Å². The van der Waals surface area contributed by atoms with Crippen molar-refractivity contribution in [2.24, 2.45) is 0 Å². The number of carbonyl (C=O) groups is 1. The number of nitrogens with one attached hydrogen (secondary N) is 1. The Labute approximate surface area is 233 Å². The van der Waals surface area contributed by atoms with Gasteiger partial charge in [-0.1, -0.05) is 30.3 Å². The number of methoxy groups -OCH3 is 1. The first-order valence-corrected chi connectivity index (χ1v) is 13.9. The summed E-state index contributed by atoms with van der Waals surface area (Å²) in [6.45, 7) is 6.44. The van der Waals surface area contributed by atoms with E-state index in [2.05, 4.69) is 15.2 Å². The van der Waals surface area contributed by atoms with Gasteiger partial charge in [-0.05, 0) is 56.5 Å². The summed E-state index contributed by atoms with van der Waals surface area (Å²) in [5.74, 6) is 0.748. The van der Waals surface area contributed by atoms with Gasteiger partial charge in [0.1, 0.15) is 17.0 Å². The van der Waals surface area contributed by atoms with Crippen LogP contribution in [-0.2, 0) is 14.2 Å². The first kappa shape index (κ1) is 27.7. The maximum Gasteiger partial charge on any atom is 0.337 e. The van der Waals surface area contributed by atoms with Gasteiger partial charge in [0, 0.05) is 32.1 Å². The number of allylic oxidation sites excluding steroid dienone is 2. The molecule has 2 aliphatic rings. The summed E-state index contributed by atoms with van der Waals surface area (Å²) in [6.07, 6.45) is 3.43. The second kappa shape index (κ2) is 12.1. The van der Waals surface area contributed by atoms with E-state index in [1.165, 1.54) is 7.11 Å². The molecule has 0 spiro atoms. The van der Waals surface area contributed by atoms with Gasteiger partial charge in [-0.3, -0.25) is 4.90 Å². The molecule has 0 saturated carbocycles. The number of nitrogens with zero attached hydrogens (tertiary/aromatic N) is 2. The van der Waals surface area contributed by atoms with Gasteiger partial charge in [-0.15, -0.1) is 0 Å². The fourth-order valence-corrected chi connectivity index (χ4v) is 5.44. The smallest absolute Gasteiger partial charge is 0.337 e. The quantitative estimate of drug-likeness (QED) is 0.310. The van der Waals surface area contributed by atoms with Gasteiger partial charge in [0.25, 0.3) is 6.01 Å². The molecule has 1 unspecified atom stereocenters. The molecule has 2 heterocycles. The molecule has 3 aromatic rings. The lowest BCUT2D eigenvalue weighted by molar-refractivity contribution is 0.0600. The number of hydrogen-bond acceptors (Lipinski definition) is 8. The Morgan fingerprint density at radius 2 is 1.88 bits per heavy atom. The number of likely N-dealkylation sites (tertiary alicyclic amines) is 1. The average Bonchev–Trinajstić information content (AvgIpc) is 3.36. The topological polar surface area (TPSA) is 86.1 Å². The molecule has 0 bridgehead atoms. The normalized spacial score (nSPS) is 20.4. The van der Waals surface area contributed by atoms with Crippen LogP contribution >= 0.6 is 0 Å². The van der Waals surface area contributed by atoms with E-state index in [4.69, 9.17) is 18.6 Å². The van der Waals surface area contributed by atoms with Crippen LogP contribution in [0, 0.1) is 0 Å². The number of anilines is 1. The van der Waals surface area contributed by atoms with Gasteiger partial charge in [0.2, 0.25) is 0 Å². The van der Waals surface area contributed by atoms with E-state index in [-0.39, 0.29) is 19.0 Å². The second-order valence-electron chi connectivity index (χ2n) is 10.1. The fraction of sp³-hybridized carbons (Fsp3) is 0.419. The standard InChI is InChI=1S/C31H36FN3O5/c1-4-38-26-18-31(32,19-27(39-5-2)28(26)21-9-7-6-8-10-21)20-35-15-13-23(14-16-35)33-30-34-24-17-22(29(36)37-3)11-12-25(24)40-30/h6-12,17-18,23H,4-5,13-16,19-20H2,1-3H3,(H,33,34). The molecule has 1 aromatic heterocycles. The van der Waals surface area contributed by atoms with Crippen LogP contribution < -0.4 is 5.32 Å². The van der Waals surface area contributed by atoms with Gasteiger partial charge in [0.15, 0.2) is 11.3 Å². The highest BCUT2D eigenvalue weighted by Crippen LogP contribution is 2.41. The zero-order valence-corrected chi connectivity index (χ0v) is 23.2. The maximum absolute atomic E-state index is 16.5. The van der Waals surface area contributed by atoms with E-state index in [1.54, 1.807) is 24.3 Å². The van der Waals surface area contributed by atoms with Crippen molar-refractivity contribution in [2.75, 3.05) is 45.3 Å². The average molecular weight is 550 g/mol. The number of fused-ring (bicyclic) bond motifs is 1. The number of rotatable bonds is 10. The molecule has 1 saturated heterocycles. The predicted molar refractivity (Wildman–Crippen MR) is 152 cm³/mol. The largest absolute Gasteiger partial charge is 0.497 e. The monoisotopic (exact) mass is 549 g/mol. The predicted octanol–water partition coefficient (Wildman–Crippen LogP) is 5.97. The van der Waals surface area contributed by atoms with Crippen LogP contribution in [0.3, 0.4) is 0 Å². The van der Waals surface area contributed by atoms with Crippen molar-refractivity contribution in [1.29, 1.82) is 0 Å². The Balaban J connectivity index is 1.24. The second-order valence-corrected chi connectivity index (χ2v) is 10.1. The van der Waals surface area contributed by atoms with E-state index < -0.39 is 11.6 Å². The molecule has 1 aliphatic carbocycles. The van der Waals surface area contributed by atoms with Crippen LogP contribution in [0.4, 0.5) is 10.4 Å².